The quantitative estimate of drug-likeness (QED) is 0.625. The summed E-state index contributed by atoms with van der Waals surface area (Å²) in [6.07, 6.45) is 0. The molecule has 0 saturated heterocycles. The number of rotatable bonds is 4. The number of nitrogens with zero attached hydrogens (tertiary/aromatic N) is 1. The minimum Gasteiger partial charge on any atom is -0.380 e. The predicted molar refractivity (Wildman–Crippen MR) is 84.3 cm³/mol. The van der Waals surface area contributed by atoms with E-state index in [0.29, 0.717) is 11.6 Å². The van der Waals surface area contributed by atoms with Crippen LogP contribution in [0, 0.1) is 17.0 Å². The molecule has 0 radical (unpaired) electrons. The average molecular weight is 356 g/mol. The van der Waals surface area contributed by atoms with E-state index in [1.807, 2.05) is 25.1 Å². The minimum atomic E-state index is -0.401. The molecule has 6 heteroatoms. The van der Waals surface area contributed by atoms with E-state index >= 15 is 0 Å². The Labute approximate surface area is 130 Å². The van der Waals surface area contributed by atoms with Gasteiger partial charge in [-0.05, 0) is 46.1 Å². The van der Waals surface area contributed by atoms with Crippen molar-refractivity contribution in [1.29, 1.82) is 0 Å². The van der Waals surface area contributed by atoms with Gasteiger partial charge in [-0.3, -0.25) is 10.1 Å². The van der Waals surface area contributed by atoms with Gasteiger partial charge in [0.05, 0.1) is 10.6 Å². The molecule has 1 N–H and O–H groups in total. The first-order chi connectivity index (χ1) is 9.47. The Kier molecular flexibility index (Phi) is 4.62. The molecule has 0 fully saturated rings. The SMILES string of the molecule is Cc1cc(Br)c(NCc2cccc([N+](=O)[O-])c2)cc1Cl. The van der Waals surface area contributed by atoms with E-state index in [1.54, 1.807) is 12.1 Å². The summed E-state index contributed by atoms with van der Waals surface area (Å²) in [6, 6.07) is 10.3. The second-order valence-electron chi connectivity index (χ2n) is 4.36. The van der Waals surface area contributed by atoms with Crippen LogP contribution in [0.5, 0.6) is 0 Å². The van der Waals surface area contributed by atoms with E-state index in [2.05, 4.69) is 21.2 Å². The van der Waals surface area contributed by atoms with Crippen LogP contribution in [0.4, 0.5) is 11.4 Å². The molecule has 0 spiro atoms. The van der Waals surface area contributed by atoms with Crippen molar-refractivity contribution in [2.75, 3.05) is 5.32 Å². The highest BCUT2D eigenvalue weighted by molar-refractivity contribution is 9.10. The molecule has 2 aromatic rings. The number of benzene rings is 2. The molecule has 0 aromatic heterocycles. The van der Waals surface area contributed by atoms with E-state index in [-0.39, 0.29) is 5.69 Å². The second kappa shape index (κ2) is 6.24. The summed E-state index contributed by atoms with van der Waals surface area (Å²) in [5, 5.41) is 14.6. The Hall–Kier alpha value is -1.59. The first-order valence-electron chi connectivity index (χ1n) is 5.90. The molecule has 0 unspecified atom stereocenters. The van der Waals surface area contributed by atoms with Crippen LogP contribution < -0.4 is 5.32 Å². The Morgan fingerprint density at radius 3 is 2.80 bits per heavy atom. The Morgan fingerprint density at radius 1 is 1.35 bits per heavy atom. The van der Waals surface area contributed by atoms with Crippen molar-refractivity contribution in [3.63, 3.8) is 0 Å². The number of nitro benzene ring substituents is 1. The molecule has 0 aliphatic heterocycles. The van der Waals surface area contributed by atoms with Gasteiger partial charge in [0, 0.05) is 28.2 Å². The van der Waals surface area contributed by atoms with Gasteiger partial charge in [-0.15, -0.1) is 0 Å². The van der Waals surface area contributed by atoms with Gasteiger partial charge >= 0.3 is 0 Å². The summed E-state index contributed by atoms with van der Waals surface area (Å²) in [5.74, 6) is 0. The van der Waals surface area contributed by atoms with Crippen LogP contribution in [-0.2, 0) is 6.54 Å². The molecule has 20 heavy (non-hydrogen) atoms. The third-order valence-corrected chi connectivity index (χ3v) is 3.92. The van der Waals surface area contributed by atoms with E-state index in [1.165, 1.54) is 6.07 Å². The fourth-order valence-corrected chi connectivity index (χ4v) is 2.52. The van der Waals surface area contributed by atoms with Crippen LogP contribution >= 0.6 is 27.5 Å². The zero-order valence-electron chi connectivity index (χ0n) is 10.7. The van der Waals surface area contributed by atoms with Gasteiger partial charge in [-0.2, -0.15) is 0 Å². The fourth-order valence-electron chi connectivity index (χ4n) is 1.76. The molecule has 0 saturated carbocycles. The maximum atomic E-state index is 10.7. The minimum absolute atomic E-state index is 0.0882. The first-order valence-corrected chi connectivity index (χ1v) is 7.07. The van der Waals surface area contributed by atoms with E-state index in [4.69, 9.17) is 11.6 Å². The molecule has 0 bridgehead atoms. The van der Waals surface area contributed by atoms with Crippen molar-refractivity contribution in [2.45, 2.75) is 13.5 Å². The number of aryl methyl sites for hydroxylation is 1. The van der Waals surface area contributed by atoms with Crippen molar-refractivity contribution in [2.24, 2.45) is 0 Å². The third-order valence-electron chi connectivity index (χ3n) is 2.85. The largest absolute Gasteiger partial charge is 0.380 e. The molecule has 0 aliphatic rings. The van der Waals surface area contributed by atoms with Crippen molar-refractivity contribution < 1.29 is 4.92 Å². The van der Waals surface area contributed by atoms with Crippen molar-refractivity contribution in [1.82, 2.24) is 0 Å². The number of hydrogen-bond acceptors (Lipinski definition) is 3. The standard InChI is InChI=1S/C14H12BrClN2O2/c1-9-5-12(15)14(7-13(9)16)17-8-10-3-2-4-11(6-10)18(19)20/h2-7,17H,8H2,1H3. The smallest absolute Gasteiger partial charge is 0.269 e. The number of anilines is 1. The third kappa shape index (κ3) is 3.49. The van der Waals surface area contributed by atoms with Crippen LogP contribution in [0.15, 0.2) is 40.9 Å². The van der Waals surface area contributed by atoms with E-state index in [9.17, 15) is 10.1 Å². The van der Waals surface area contributed by atoms with Crippen molar-refractivity contribution >= 4 is 38.9 Å². The number of nitro groups is 1. The van der Waals surface area contributed by atoms with Gasteiger partial charge in [-0.1, -0.05) is 23.7 Å². The van der Waals surface area contributed by atoms with E-state index < -0.39 is 4.92 Å². The van der Waals surface area contributed by atoms with Gasteiger partial charge in [0.1, 0.15) is 0 Å². The lowest BCUT2D eigenvalue weighted by molar-refractivity contribution is -0.384. The second-order valence-corrected chi connectivity index (χ2v) is 5.62. The summed E-state index contributed by atoms with van der Waals surface area (Å²) >= 11 is 9.55. The van der Waals surface area contributed by atoms with Gasteiger partial charge in [0.2, 0.25) is 0 Å². The lowest BCUT2D eigenvalue weighted by atomic mass is 10.2. The number of nitrogens with one attached hydrogen (secondary N) is 1. The highest BCUT2D eigenvalue weighted by atomic mass is 79.9. The maximum Gasteiger partial charge on any atom is 0.269 e. The molecular weight excluding hydrogens is 344 g/mol. The predicted octanol–water partition coefficient (Wildman–Crippen LogP) is 4.93. The molecule has 0 aliphatic carbocycles. The topological polar surface area (TPSA) is 55.2 Å². The summed E-state index contributed by atoms with van der Waals surface area (Å²) in [4.78, 5) is 10.3. The molecule has 0 amide bonds. The summed E-state index contributed by atoms with van der Waals surface area (Å²) in [5.41, 5.74) is 2.76. The first kappa shape index (κ1) is 14.8. The van der Waals surface area contributed by atoms with Gasteiger partial charge < -0.3 is 5.32 Å². The highest BCUT2D eigenvalue weighted by Gasteiger charge is 2.07. The Balaban J connectivity index is 2.15. The summed E-state index contributed by atoms with van der Waals surface area (Å²) < 4.78 is 0.907. The summed E-state index contributed by atoms with van der Waals surface area (Å²) in [6.45, 7) is 2.41. The van der Waals surface area contributed by atoms with Crippen LogP contribution in [0.1, 0.15) is 11.1 Å². The lowest BCUT2D eigenvalue weighted by Gasteiger charge is -2.10. The lowest BCUT2D eigenvalue weighted by Crippen LogP contribution is -2.01. The van der Waals surface area contributed by atoms with E-state index in [0.717, 1.165) is 21.3 Å². The average Bonchev–Trinajstić information content (AvgIpc) is 2.41. The molecule has 2 rings (SSSR count). The highest BCUT2D eigenvalue weighted by Crippen LogP contribution is 2.29. The fraction of sp³-hybridized carbons (Fsp3) is 0.143. The van der Waals surface area contributed by atoms with Crippen LogP contribution in [-0.4, -0.2) is 4.92 Å². The molecule has 0 heterocycles. The Bertz CT molecular complexity index is 662. The van der Waals surface area contributed by atoms with Crippen LogP contribution in [0.25, 0.3) is 0 Å². The van der Waals surface area contributed by atoms with Gasteiger partial charge in [0.15, 0.2) is 0 Å². The van der Waals surface area contributed by atoms with Crippen LogP contribution in [0.2, 0.25) is 5.02 Å². The molecule has 4 nitrogen and oxygen atoms in total. The number of halogens is 2. The van der Waals surface area contributed by atoms with Crippen molar-refractivity contribution in [3.8, 4) is 0 Å². The molecule has 0 atom stereocenters. The molecular formula is C14H12BrClN2O2. The molecule has 2 aromatic carbocycles. The molecule has 104 valence electrons. The zero-order valence-corrected chi connectivity index (χ0v) is 13.0. The zero-order chi connectivity index (χ0) is 14.7. The van der Waals surface area contributed by atoms with Crippen molar-refractivity contribution in [3.05, 3.63) is 67.1 Å². The van der Waals surface area contributed by atoms with Crippen LogP contribution in [0.3, 0.4) is 0 Å². The number of non-ortho nitro benzene ring substituents is 1. The normalized spacial score (nSPS) is 10.3. The maximum absolute atomic E-state index is 10.7. The monoisotopic (exact) mass is 354 g/mol. The summed E-state index contributed by atoms with van der Waals surface area (Å²) in [7, 11) is 0. The number of hydrogen-bond donors (Lipinski definition) is 1. The van der Waals surface area contributed by atoms with Gasteiger partial charge in [0.25, 0.3) is 5.69 Å². The van der Waals surface area contributed by atoms with Gasteiger partial charge in [-0.25, -0.2) is 0 Å². The Morgan fingerprint density at radius 2 is 2.10 bits per heavy atom.